The Bertz CT molecular complexity index is 371. The highest BCUT2D eigenvalue weighted by atomic mass is 16.3. The van der Waals surface area contributed by atoms with Crippen molar-refractivity contribution in [3.05, 3.63) is 41.8 Å². The lowest BCUT2D eigenvalue weighted by Crippen LogP contribution is -2.36. The molecule has 17 heavy (non-hydrogen) atoms. The number of nitrogens with zero attached hydrogens (tertiary/aromatic N) is 1. The maximum Gasteiger partial charge on any atom is 0.118 e. The van der Waals surface area contributed by atoms with Crippen LogP contribution < -0.4 is 0 Å². The molecule has 1 fully saturated rings. The Morgan fingerprint density at radius 1 is 1.41 bits per heavy atom. The summed E-state index contributed by atoms with van der Waals surface area (Å²) in [6.07, 6.45) is 2.34. The smallest absolute Gasteiger partial charge is 0.118 e. The molecule has 2 radical (unpaired) electrons. The Labute approximate surface area is 104 Å². The van der Waals surface area contributed by atoms with Crippen molar-refractivity contribution >= 4 is 0 Å². The standard InChI is InChI=1S/C15H21NO/c1-3-5-15(17)14-7-6-13(10-12(14)2)11-16-8-4-9-16/h6-7,10,15H,2-5,8-9,11H2,1H3. The van der Waals surface area contributed by atoms with Gasteiger partial charge < -0.3 is 0 Å². The molecule has 92 valence electrons. The number of rotatable bonds is 5. The van der Waals surface area contributed by atoms with Crippen LogP contribution in [-0.4, -0.2) is 18.0 Å². The molecular formula is C15H21NO. The average molecular weight is 231 g/mol. The summed E-state index contributed by atoms with van der Waals surface area (Å²) >= 11 is 0. The maximum atomic E-state index is 11.9. The van der Waals surface area contributed by atoms with Crippen LogP contribution in [0.4, 0.5) is 0 Å². The fraction of sp³-hybridized carbons (Fsp3) is 0.533. The van der Waals surface area contributed by atoms with E-state index in [2.05, 4.69) is 24.0 Å². The molecule has 1 heterocycles. The van der Waals surface area contributed by atoms with Gasteiger partial charge in [-0.15, -0.1) is 0 Å². The molecule has 0 aromatic heterocycles. The third-order valence-electron chi connectivity index (χ3n) is 3.46. The Hall–Kier alpha value is -0.860. The maximum absolute atomic E-state index is 11.9. The van der Waals surface area contributed by atoms with Gasteiger partial charge in [-0.25, -0.2) is 5.11 Å². The van der Waals surface area contributed by atoms with E-state index in [1.54, 1.807) is 0 Å². The molecule has 0 amide bonds. The average Bonchev–Trinajstić information content (AvgIpc) is 2.24. The summed E-state index contributed by atoms with van der Waals surface area (Å²) in [5.74, 6) is 0. The van der Waals surface area contributed by atoms with Gasteiger partial charge in [-0.2, -0.15) is 0 Å². The first kappa shape index (κ1) is 12.6. The fourth-order valence-electron chi connectivity index (χ4n) is 2.29. The summed E-state index contributed by atoms with van der Waals surface area (Å²) < 4.78 is 0. The normalized spacial score (nSPS) is 17.8. The molecule has 1 unspecified atom stereocenters. The molecule has 0 saturated carbocycles. The lowest BCUT2D eigenvalue weighted by atomic mass is 9.97. The Morgan fingerprint density at radius 2 is 2.18 bits per heavy atom. The molecule has 0 aliphatic carbocycles. The predicted octanol–water partition coefficient (Wildman–Crippen LogP) is 3.35. The van der Waals surface area contributed by atoms with Gasteiger partial charge in [-0.3, -0.25) is 4.90 Å². The van der Waals surface area contributed by atoms with Crippen molar-refractivity contribution in [2.24, 2.45) is 0 Å². The van der Waals surface area contributed by atoms with E-state index in [0.29, 0.717) is 6.42 Å². The first-order valence-electron chi connectivity index (χ1n) is 6.53. The van der Waals surface area contributed by atoms with Gasteiger partial charge in [0, 0.05) is 6.54 Å². The van der Waals surface area contributed by atoms with Crippen LogP contribution in [-0.2, 0) is 11.7 Å². The molecule has 1 aliphatic heterocycles. The lowest BCUT2D eigenvalue weighted by Gasteiger charge is -2.30. The molecule has 0 N–H and O–H groups in total. The van der Waals surface area contributed by atoms with E-state index in [1.807, 2.05) is 13.0 Å². The first-order valence-corrected chi connectivity index (χ1v) is 6.53. The highest BCUT2D eigenvalue weighted by Gasteiger charge is 2.15. The van der Waals surface area contributed by atoms with Crippen molar-refractivity contribution in [2.45, 2.75) is 38.8 Å². The quantitative estimate of drug-likeness (QED) is 0.762. The van der Waals surface area contributed by atoms with Crippen molar-refractivity contribution in [1.82, 2.24) is 4.90 Å². The Morgan fingerprint density at radius 3 is 2.71 bits per heavy atom. The molecule has 1 atom stereocenters. The zero-order chi connectivity index (χ0) is 12.3. The van der Waals surface area contributed by atoms with Crippen molar-refractivity contribution < 1.29 is 5.11 Å². The molecule has 2 heteroatoms. The molecule has 1 aromatic carbocycles. The van der Waals surface area contributed by atoms with Crippen LogP contribution in [0.1, 0.15) is 49.0 Å². The lowest BCUT2D eigenvalue weighted by molar-refractivity contribution is 0.0802. The molecule has 1 aromatic rings. The van der Waals surface area contributed by atoms with E-state index in [9.17, 15) is 5.11 Å². The summed E-state index contributed by atoms with van der Waals surface area (Å²) in [4.78, 5) is 2.41. The second-order valence-electron chi connectivity index (χ2n) is 4.94. The van der Waals surface area contributed by atoms with Crippen LogP contribution in [0.2, 0.25) is 0 Å². The molecular weight excluding hydrogens is 210 g/mol. The van der Waals surface area contributed by atoms with E-state index >= 15 is 0 Å². The van der Waals surface area contributed by atoms with Crippen molar-refractivity contribution in [1.29, 1.82) is 0 Å². The minimum Gasteiger partial charge on any atom is -0.299 e. The van der Waals surface area contributed by atoms with Gasteiger partial charge in [0.1, 0.15) is 6.10 Å². The minimum atomic E-state index is -0.606. The van der Waals surface area contributed by atoms with E-state index in [4.69, 9.17) is 0 Å². The van der Waals surface area contributed by atoms with Gasteiger partial charge in [0.15, 0.2) is 0 Å². The third-order valence-corrected chi connectivity index (χ3v) is 3.46. The van der Waals surface area contributed by atoms with Crippen molar-refractivity contribution in [2.75, 3.05) is 13.1 Å². The van der Waals surface area contributed by atoms with Crippen LogP contribution >= 0.6 is 0 Å². The van der Waals surface area contributed by atoms with Crippen molar-refractivity contribution in [3.63, 3.8) is 0 Å². The second-order valence-corrected chi connectivity index (χ2v) is 4.94. The fourth-order valence-corrected chi connectivity index (χ4v) is 2.29. The summed E-state index contributed by atoms with van der Waals surface area (Å²) in [6.45, 7) is 9.47. The monoisotopic (exact) mass is 231 g/mol. The van der Waals surface area contributed by atoms with Gasteiger partial charge in [-0.05, 0) is 49.5 Å². The Kier molecular flexibility index (Phi) is 4.19. The van der Waals surface area contributed by atoms with Gasteiger partial charge in [0.05, 0.1) is 0 Å². The van der Waals surface area contributed by atoms with Gasteiger partial charge in [0.2, 0.25) is 0 Å². The predicted molar refractivity (Wildman–Crippen MR) is 69.1 cm³/mol. The van der Waals surface area contributed by atoms with E-state index in [1.165, 1.54) is 25.1 Å². The largest absolute Gasteiger partial charge is 0.299 e. The summed E-state index contributed by atoms with van der Waals surface area (Å²) in [7, 11) is 0. The minimum absolute atomic E-state index is 0.606. The Balaban J connectivity index is 2.04. The topological polar surface area (TPSA) is 23.1 Å². The molecule has 2 nitrogen and oxygen atoms in total. The molecule has 2 rings (SSSR count). The highest BCUT2D eigenvalue weighted by molar-refractivity contribution is 5.35. The molecule has 1 saturated heterocycles. The van der Waals surface area contributed by atoms with Crippen LogP contribution in [0.15, 0.2) is 18.2 Å². The van der Waals surface area contributed by atoms with E-state index in [-0.39, 0.29) is 0 Å². The van der Waals surface area contributed by atoms with E-state index in [0.717, 1.165) is 24.1 Å². The van der Waals surface area contributed by atoms with E-state index < -0.39 is 6.10 Å². The zero-order valence-corrected chi connectivity index (χ0v) is 10.6. The highest BCUT2D eigenvalue weighted by Crippen LogP contribution is 2.24. The van der Waals surface area contributed by atoms with Gasteiger partial charge >= 0.3 is 0 Å². The number of likely N-dealkylation sites (tertiary alicyclic amines) is 1. The van der Waals surface area contributed by atoms with Crippen LogP contribution in [0.5, 0.6) is 0 Å². The second kappa shape index (κ2) is 5.65. The van der Waals surface area contributed by atoms with Crippen LogP contribution in [0.3, 0.4) is 0 Å². The third kappa shape index (κ3) is 3.08. The SMILES string of the molecule is [CH2]c1cc(CN2CCC2)ccc1C([O])CCC. The first-order chi connectivity index (χ1) is 8.20. The molecule has 0 spiro atoms. The van der Waals surface area contributed by atoms with Crippen LogP contribution in [0.25, 0.3) is 0 Å². The van der Waals surface area contributed by atoms with Crippen molar-refractivity contribution in [3.8, 4) is 0 Å². The summed E-state index contributed by atoms with van der Waals surface area (Å²) in [5.41, 5.74) is 3.07. The van der Waals surface area contributed by atoms with Gasteiger partial charge in [-0.1, -0.05) is 31.5 Å². The number of hydrogen-bond donors (Lipinski definition) is 0. The number of benzene rings is 1. The molecule has 0 bridgehead atoms. The zero-order valence-electron chi connectivity index (χ0n) is 10.6. The molecule has 1 aliphatic rings. The van der Waals surface area contributed by atoms with Crippen LogP contribution in [0, 0.1) is 6.92 Å². The summed E-state index contributed by atoms with van der Waals surface area (Å²) in [5, 5.41) is 11.9. The summed E-state index contributed by atoms with van der Waals surface area (Å²) in [6, 6.07) is 6.14. The number of hydrogen-bond acceptors (Lipinski definition) is 1. The van der Waals surface area contributed by atoms with Gasteiger partial charge in [0.25, 0.3) is 0 Å².